The molecule has 0 saturated heterocycles. The number of hydrogen-bond acceptors (Lipinski definition) is 3. The minimum absolute atomic E-state index is 0.498. The smallest absolute Gasteiger partial charge is 0.121 e. The van der Waals surface area contributed by atoms with Crippen molar-refractivity contribution in [2.75, 3.05) is 13.1 Å². The lowest BCUT2D eigenvalue weighted by atomic mass is 10.2. The molecule has 0 aliphatic carbocycles. The summed E-state index contributed by atoms with van der Waals surface area (Å²) in [6.07, 6.45) is 6.77. The maximum absolute atomic E-state index is 5.66. The molecule has 0 aromatic carbocycles. The molecular weight excluding hydrogens is 212 g/mol. The molecule has 3 nitrogen and oxygen atoms in total. The highest BCUT2D eigenvalue weighted by Crippen LogP contribution is 2.13. The largest absolute Gasteiger partial charge is 0.468 e. The van der Waals surface area contributed by atoms with Crippen LogP contribution in [0.2, 0.25) is 0 Å². The van der Waals surface area contributed by atoms with Crippen LogP contribution in [0.5, 0.6) is 0 Å². The Balaban J connectivity index is 2.51. The van der Waals surface area contributed by atoms with Gasteiger partial charge in [-0.25, -0.2) is 0 Å². The van der Waals surface area contributed by atoms with Gasteiger partial charge in [0.2, 0.25) is 0 Å². The van der Waals surface area contributed by atoms with E-state index in [4.69, 9.17) is 10.2 Å². The van der Waals surface area contributed by atoms with Gasteiger partial charge in [-0.05, 0) is 32.0 Å². The average Bonchev–Trinajstić information content (AvgIpc) is 2.79. The molecule has 3 heteroatoms. The molecule has 1 aromatic heterocycles. The zero-order valence-electron chi connectivity index (χ0n) is 11.2. The monoisotopic (exact) mass is 238 g/mol. The van der Waals surface area contributed by atoms with Crippen molar-refractivity contribution in [3.63, 3.8) is 0 Å². The van der Waals surface area contributed by atoms with Crippen molar-refractivity contribution in [1.29, 1.82) is 0 Å². The van der Waals surface area contributed by atoms with Crippen LogP contribution in [0, 0.1) is 0 Å². The van der Waals surface area contributed by atoms with Gasteiger partial charge in [0.15, 0.2) is 0 Å². The Morgan fingerprint density at radius 1 is 1.18 bits per heavy atom. The first kappa shape index (κ1) is 14.3. The topological polar surface area (TPSA) is 42.4 Å². The molecule has 1 rings (SSSR count). The fourth-order valence-corrected chi connectivity index (χ4v) is 1.96. The van der Waals surface area contributed by atoms with Crippen LogP contribution in [-0.2, 0) is 13.1 Å². The predicted octanol–water partition coefficient (Wildman–Crippen LogP) is 3.14. The first-order valence-corrected chi connectivity index (χ1v) is 6.79. The van der Waals surface area contributed by atoms with Crippen LogP contribution in [0.4, 0.5) is 0 Å². The molecule has 0 aliphatic rings. The number of furan rings is 1. The van der Waals surface area contributed by atoms with Crippen LogP contribution in [-0.4, -0.2) is 18.0 Å². The number of nitrogens with two attached hydrogens (primary N) is 1. The zero-order valence-corrected chi connectivity index (χ0v) is 11.2. The van der Waals surface area contributed by atoms with Crippen LogP contribution in [0.25, 0.3) is 0 Å². The summed E-state index contributed by atoms with van der Waals surface area (Å²) in [5.74, 6) is 0.933. The third kappa shape index (κ3) is 4.92. The quantitative estimate of drug-likeness (QED) is 0.718. The van der Waals surface area contributed by atoms with Crippen molar-refractivity contribution >= 4 is 0 Å². The predicted molar refractivity (Wildman–Crippen MR) is 71.7 cm³/mol. The molecule has 0 radical (unpaired) electrons. The standard InChI is InChI=1S/C14H26N2O/c1-3-5-8-16(9-6-4-2)12-13-7-10-17-14(13)11-15/h7,10H,3-6,8-9,11-12,15H2,1-2H3. The number of nitrogens with zero attached hydrogens (tertiary/aromatic N) is 1. The van der Waals surface area contributed by atoms with Crippen molar-refractivity contribution in [1.82, 2.24) is 4.90 Å². The van der Waals surface area contributed by atoms with Gasteiger partial charge in [0.1, 0.15) is 5.76 Å². The molecule has 0 atom stereocenters. The van der Waals surface area contributed by atoms with Gasteiger partial charge in [0.05, 0.1) is 12.8 Å². The van der Waals surface area contributed by atoms with Gasteiger partial charge in [-0.15, -0.1) is 0 Å². The highest BCUT2D eigenvalue weighted by atomic mass is 16.3. The molecule has 0 amide bonds. The second kappa shape index (κ2) is 8.31. The van der Waals surface area contributed by atoms with Crippen molar-refractivity contribution in [2.24, 2.45) is 5.73 Å². The number of rotatable bonds is 9. The minimum atomic E-state index is 0.498. The molecule has 0 saturated carbocycles. The molecule has 17 heavy (non-hydrogen) atoms. The van der Waals surface area contributed by atoms with E-state index in [2.05, 4.69) is 18.7 Å². The molecule has 0 spiro atoms. The normalized spacial score (nSPS) is 11.3. The van der Waals surface area contributed by atoms with Gasteiger partial charge in [0.25, 0.3) is 0 Å². The Labute approximate surface area is 105 Å². The third-order valence-electron chi connectivity index (χ3n) is 3.07. The van der Waals surface area contributed by atoms with Gasteiger partial charge in [0, 0.05) is 12.1 Å². The number of unbranched alkanes of at least 4 members (excludes halogenated alkanes) is 2. The molecule has 0 bridgehead atoms. The lowest BCUT2D eigenvalue weighted by Crippen LogP contribution is -2.26. The van der Waals surface area contributed by atoms with Gasteiger partial charge in [-0.1, -0.05) is 26.7 Å². The first-order chi connectivity index (χ1) is 8.31. The third-order valence-corrected chi connectivity index (χ3v) is 3.07. The highest BCUT2D eigenvalue weighted by Gasteiger charge is 2.10. The summed E-state index contributed by atoms with van der Waals surface area (Å²) in [6.45, 7) is 8.29. The summed E-state index contributed by atoms with van der Waals surface area (Å²) in [5.41, 5.74) is 6.91. The number of hydrogen-bond donors (Lipinski definition) is 1. The molecular formula is C14H26N2O. The van der Waals surface area contributed by atoms with E-state index in [1.54, 1.807) is 6.26 Å². The summed E-state index contributed by atoms with van der Waals surface area (Å²) in [5, 5.41) is 0. The summed E-state index contributed by atoms with van der Waals surface area (Å²) in [7, 11) is 0. The van der Waals surface area contributed by atoms with Gasteiger partial charge in [-0.2, -0.15) is 0 Å². The second-order valence-electron chi connectivity index (χ2n) is 4.56. The highest BCUT2D eigenvalue weighted by molar-refractivity contribution is 5.16. The lowest BCUT2D eigenvalue weighted by molar-refractivity contribution is 0.255. The van der Waals surface area contributed by atoms with Gasteiger partial charge < -0.3 is 10.2 Å². The van der Waals surface area contributed by atoms with Crippen LogP contribution in [0.3, 0.4) is 0 Å². The Hall–Kier alpha value is -0.800. The molecule has 0 fully saturated rings. The summed E-state index contributed by atoms with van der Waals surface area (Å²) >= 11 is 0. The molecule has 98 valence electrons. The van der Waals surface area contributed by atoms with Crippen LogP contribution in [0.15, 0.2) is 16.7 Å². The zero-order chi connectivity index (χ0) is 12.5. The molecule has 0 unspecified atom stereocenters. The van der Waals surface area contributed by atoms with E-state index < -0.39 is 0 Å². The SMILES string of the molecule is CCCCN(CCCC)Cc1ccoc1CN. The summed E-state index contributed by atoms with van der Waals surface area (Å²) < 4.78 is 5.37. The van der Waals surface area contributed by atoms with E-state index in [0.29, 0.717) is 6.54 Å². The van der Waals surface area contributed by atoms with E-state index in [9.17, 15) is 0 Å². The van der Waals surface area contributed by atoms with Crippen molar-refractivity contribution in [3.05, 3.63) is 23.7 Å². The van der Waals surface area contributed by atoms with Gasteiger partial charge >= 0.3 is 0 Å². The Morgan fingerprint density at radius 2 is 1.82 bits per heavy atom. The van der Waals surface area contributed by atoms with E-state index in [0.717, 1.165) is 12.3 Å². The summed E-state index contributed by atoms with van der Waals surface area (Å²) in [6, 6.07) is 2.05. The Bertz CT molecular complexity index is 288. The average molecular weight is 238 g/mol. The second-order valence-corrected chi connectivity index (χ2v) is 4.56. The fourth-order valence-electron chi connectivity index (χ4n) is 1.96. The fraction of sp³-hybridized carbons (Fsp3) is 0.714. The summed E-state index contributed by atoms with van der Waals surface area (Å²) in [4.78, 5) is 2.51. The van der Waals surface area contributed by atoms with Crippen LogP contribution >= 0.6 is 0 Å². The van der Waals surface area contributed by atoms with Crippen molar-refractivity contribution < 1.29 is 4.42 Å². The Morgan fingerprint density at radius 3 is 2.35 bits per heavy atom. The van der Waals surface area contributed by atoms with Gasteiger partial charge in [-0.3, -0.25) is 4.90 Å². The van der Waals surface area contributed by atoms with E-state index in [-0.39, 0.29) is 0 Å². The van der Waals surface area contributed by atoms with Crippen molar-refractivity contribution in [2.45, 2.75) is 52.6 Å². The minimum Gasteiger partial charge on any atom is -0.468 e. The first-order valence-electron chi connectivity index (χ1n) is 6.79. The van der Waals surface area contributed by atoms with Crippen molar-refractivity contribution in [3.8, 4) is 0 Å². The maximum Gasteiger partial charge on any atom is 0.121 e. The van der Waals surface area contributed by atoms with E-state index in [1.807, 2.05) is 6.07 Å². The maximum atomic E-state index is 5.66. The lowest BCUT2D eigenvalue weighted by Gasteiger charge is -2.21. The molecule has 0 aliphatic heterocycles. The van der Waals surface area contributed by atoms with E-state index in [1.165, 1.54) is 44.3 Å². The molecule has 1 heterocycles. The van der Waals surface area contributed by atoms with Crippen LogP contribution < -0.4 is 5.73 Å². The van der Waals surface area contributed by atoms with E-state index >= 15 is 0 Å². The van der Waals surface area contributed by atoms with Crippen LogP contribution in [0.1, 0.15) is 50.9 Å². The molecule has 1 aromatic rings. The Kier molecular flexibility index (Phi) is 6.97. The molecule has 2 N–H and O–H groups in total.